The van der Waals surface area contributed by atoms with Gasteiger partial charge in [-0.25, -0.2) is 0 Å². The number of nitriles is 1. The third kappa shape index (κ3) is 10.1. The molecule has 0 fully saturated rings. The van der Waals surface area contributed by atoms with Crippen LogP contribution in [-0.2, 0) is 0 Å². The van der Waals surface area contributed by atoms with Crippen LogP contribution in [0.5, 0.6) is 0 Å². The first-order valence-electron chi connectivity index (χ1n) is 5.97. The van der Waals surface area contributed by atoms with Crippen LogP contribution in [0.25, 0.3) is 0 Å². The molecule has 0 bridgehead atoms. The highest BCUT2D eigenvalue weighted by Gasteiger charge is 2.15. The van der Waals surface area contributed by atoms with Gasteiger partial charge in [0.25, 0.3) is 0 Å². The fourth-order valence-corrected chi connectivity index (χ4v) is 2.50. The number of unbranched alkanes of at least 4 members (excludes halogenated alkanes) is 1. The number of hydrogen-bond acceptors (Lipinski definition) is 2. The lowest BCUT2D eigenvalue weighted by molar-refractivity contribution is 0.433. The van der Waals surface area contributed by atoms with Gasteiger partial charge in [0.05, 0.1) is 11.5 Å². The average molecular weight is 227 g/mol. The summed E-state index contributed by atoms with van der Waals surface area (Å²) >= 11 is 2.06. The van der Waals surface area contributed by atoms with Crippen LogP contribution in [0, 0.1) is 22.7 Å². The van der Waals surface area contributed by atoms with Gasteiger partial charge in [0.15, 0.2) is 0 Å². The second kappa shape index (κ2) is 8.05. The van der Waals surface area contributed by atoms with Crippen molar-refractivity contribution in [2.45, 2.75) is 53.4 Å². The molecule has 0 aliphatic carbocycles. The van der Waals surface area contributed by atoms with E-state index in [0.29, 0.717) is 0 Å². The average Bonchev–Trinajstić information content (AvgIpc) is 2.16. The van der Waals surface area contributed by atoms with E-state index in [1.54, 1.807) is 0 Å². The molecule has 88 valence electrons. The summed E-state index contributed by atoms with van der Waals surface area (Å²) < 4.78 is 0. The number of rotatable bonds is 8. The molecule has 0 heterocycles. The molecule has 0 aliphatic rings. The molecule has 0 aliphatic heterocycles. The molecule has 15 heavy (non-hydrogen) atoms. The molecule has 0 saturated heterocycles. The second-order valence-corrected chi connectivity index (χ2v) is 6.47. The Morgan fingerprint density at radius 1 is 1.20 bits per heavy atom. The van der Waals surface area contributed by atoms with Crippen LogP contribution in [0.4, 0.5) is 0 Å². The van der Waals surface area contributed by atoms with E-state index in [1.807, 2.05) is 13.8 Å². The molecule has 0 radical (unpaired) electrons. The molecular weight excluding hydrogens is 202 g/mol. The van der Waals surface area contributed by atoms with Crippen LogP contribution in [0.15, 0.2) is 0 Å². The number of nitrogens with zero attached hydrogens (tertiary/aromatic N) is 1. The topological polar surface area (TPSA) is 23.8 Å². The predicted octanol–water partition coefficient (Wildman–Crippen LogP) is 4.49. The normalized spacial score (nSPS) is 11.7. The van der Waals surface area contributed by atoms with Crippen molar-refractivity contribution in [3.05, 3.63) is 0 Å². The molecule has 0 aromatic carbocycles. The lowest BCUT2D eigenvalue weighted by Crippen LogP contribution is -2.07. The first-order valence-corrected chi connectivity index (χ1v) is 7.12. The molecule has 2 heteroatoms. The van der Waals surface area contributed by atoms with E-state index in [4.69, 9.17) is 5.26 Å². The Balaban J connectivity index is 3.23. The van der Waals surface area contributed by atoms with Crippen molar-refractivity contribution in [2.24, 2.45) is 11.3 Å². The molecule has 0 atom stereocenters. The first kappa shape index (κ1) is 14.8. The van der Waals surface area contributed by atoms with Gasteiger partial charge in [-0.1, -0.05) is 20.3 Å². The highest BCUT2D eigenvalue weighted by Crippen LogP contribution is 2.22. The van der Waals surface area contributed by atoms with Crippen molar-refractivity contribution < 1.29 is 0 Å². The summed E-state index contributed by atoms with van der Waals surface area (Å²) in [5, 5.41) is 8.84. The van der Waals surface area contributed by atoms with Crippen LogP contribution in [0.3, 0.4) is 0 Å². The summed E-state index contributed by atoms with van der Waals surface area (Å²) in [6.45, 7) is 8.60. The van der Waals surface area contributed by atoms with E-state index in [1.165, 1.54) is 30.8 Å². The van der Waals surface area contributed by atoms with E-state index in [9.17, 15) is 0 Å². The highest BCUT2D eigenvalue weighted by molar-refractivity contribution is 7.99. The van der Waals surface area contributed by atoms with Crippen molar-refractivity contribution in [3.8, 4) is 6.07 Å². The van der Waals surface area contributed by atoms with Crippen LogP contribution in [0.1, 0.15) is 53.4 Å². The third-order valence-corrected chi connectivity index (χ3v) is 3.58. The van der Waals surface area contributed by atoms with Crippen molar-refractivity contribution in [1.29, 1.82) is 5.26 Å². The monoisotopic (exact) mass is 227 g/mol. The Morgan fingerprint density at radius 3 is 2.40 bits per heavy atom. The van der Waals surface area contributed by atoms with Gasteiger partial charge in [-0.3, -0.25) is 0 Å². The molecule has 0 saturated carbocycles. The van der Waals surface area contributed by atoms with Gasteiger partial charge < -0.3 is 0 Å². The number of hydrogen-bond donors (Lipinski definition) is 0. The van der Waals surface area contributed by atoms with Crippen LogP contribution in [-0.4, -0.2) is 11.5 Å². The van der Waals surface area contributed by atoms with Crippen molar-refractivity contribution in [3.63, 3.8) is 0 Å². The molecule has 1 nitrogen and oxygen atoms in total. The van der Waals surface area contributed by atoms with Crippen molar-refractivity contribution in [2.75, 3.05) is 11.5 Å². The maximum atomic E-state index is 8.84. The van der Waals surface area contributed by atoms with Gasteiger partial charge in [-0.2, -0.15) is 17.0 Å². The highest BCUT2D eigenvalue weighted by atomic mass is 32.2. The number of thioether (sulfide) groups is 1. The third-order valence-electron chi connectivity index (χ3n) is 2.48. The van der Waals surface area contributed by atoms with E-state index < -0.39 is 0 Å². The van der Waals surface area contributed by atoms with Gasteiger partial charge in [0.1, 0.15) is 0 Å². The largest absolute Gasteiger partial charge is 0.198 e. The second-order valence-electron chi connectivity index (χ2n) is 5.25. The molecular formula is C13H25NS. The molecule has 0 N–H and O–H groups in total. The summed E-state index contributed by atoms with van der Waals surface area (Å²) in [6, 6.07) is 2.35. The lowest BCUT2D eigenvalue weighted by Gasteiger charge is -2.14. The molecule has 0 unspecified atom stereocenters. The predicted molar refractivity (Wildman–Crippen MR) is 70.0 cm³/mol. The maximum Gasteiger partial charge on any atom is 0.0683 e. The van der Waals surface area contributed by atoms with Gasteiger partial charge in [-0.05, 0) is 50.5 Å². The zero-order valence-corrected chi connectivity index (χ0v) is 11.5. The fourth-order valence-electron chi connectivity index (χ4n) is 1.25. The standard InChI is InChI=1S/C13H25NS/c1-12(2)7-10-15-9-6-5-8-13(3,4)11-14/h12H,5-10H2,1-4H3. The van der Waals surface area contributed by atoms with Crippen molar-refractivity contribution in [1.82, 2.24) is 0 Å². The first-order chi connectivity index (χ1) is 6.98. The van der Waals surface area contributed by atoms with Crippen molar-refractivity contribution >= 4 is 11.8 Å². The van der Waals surface area contributed by atoms with Crippen LogP contribution in [0.2, 0.25) is 0 Å². The summed E-state index contributed by atoms with van der Waals surface area (Å²) in [7, 11) is 0. The minimum absolute atomic E-state index is 0.122. The van der Waals surface area contributed by atoms with Gasteiger partial charge in [-0.15, -0.1) is 0 Å². The minimum Gasteiger partial charge on any atom is -0.198 e. The molecule has 0 spiro atoms. The van der Waals surface area contributed by atoms with Gasteiger partial charge in [0, 0.05) is 0 Å². The summed E-state index contributed by atoms with van der Waals surface area (Å²) in [5.41, 5.74) is -0.122. The Kier molecular flexibility index (Phi) is 7.96. The smallest absolute Gasteiger partial charge is 0.0683 e. The Hall–Kier alpha value is -0.160. The quantitative estimate of drug-likeness (QED) is 0.571. The van der Waals surface area contributed by atoms with E-state index in [2.05, 4.69) is 31.7 Å². The van der Waals surface area contributed by atoms with E-state index >= 15 is 0 Å². The molecule has 0 aromatic heterocycles. The van der Waals surface area contributed by atoms with Crippen LogP contribution >= 0.6 is 11.8 Å². The SMILES string of the molecule is CC(C)CCSCCCCC(C)(C)C#N. The Bertz CT molecular complexity index is 191. The summed E-state index contributed by atoms with van der Waals surface area (Å²) in [6.07, 6.45) is 4.81. The van der Waals surface area contributed by atoms with Gasteiger partial charge in [0.2, 0.25) is 0 Å². The summed E-state index contributed by atoms with van der Waals surface area (Å²) in [5.74, 6) is 3.38. The minimum atomic E-state index is -0.122. The fraction of sp³-hybridized carbons (Fsp3) is 0.923. The Labute approximate surface area is 99.6 Å². The summed E-state index contributed by atoms with van der Waals surface area (Å²) in [4.78, 5) is 0. The molecule has 0 amide bonds. The maximum absolute atomic E-state index is 8.84. The lowest BCUT2D eigenvalue weighted by atomic mass is 9.89. The zero-order chi connectivity index (χ0) is 11.7. The van der Waals surface area contributed by atoms with Gasteiger partial charge >= 0.3 is 0 Å². The van der Waals surface area contributed by atoms with Crippen LogP contribution < -0.4 is 0 Å². The Morgan fingerprint density at radius 2 is 1.87 bits per heavy atom. The van der Waals surface area contributed by atoms with E-state index in [-0.39, 0.29) is 5.41 Å². The molecule has 0 rings (SSSR count). The zero-order valence-electron chi connectivity index (χ0n) is 10.7. The molecule has 0 aromatic rings. The van der Waals surface area contributed by atoms with E-state index in [0.717, 1.165) is 12.3 Å².